The first kappa shape index (κ1) is 12.1. The van der Waals surface area contributed by atoms with E-state index in [1.54, 1.807) is 0 Å². The standard InChI is InChI=1S/C12H16BrNOS/c1-3-14(7-9-4-5-9)12(15)10-6-8(2)11(13)16-10/h6,9H,3-5,7H2,1-2H3. The van der Waals surface area contributed by atoms with E-state index < -0.39 is 0 Å². The molecule has 0 unspecified atom stereocenters. The van der Waals surface area contributed by atoms with Crippen LogP contribution in [0, 0.1) is 12.8 Å². The van der Waals surface area contributed by atoms with Crippen molar-refractivity contribution in [3.63, 3.8) is 0 Å². The zero-order valence-electron chi connectivity index (χ0n) is 9.62. The van der Waals surface area contributed by atoms with Crippen LogP contribution in [-0.2, 0) is 0 Å². The topological polar surface area (TPSA) is 20.3 Å². The molecule has 1 aliphatic rings. The maximum Gasteiger partial charge on any atom is 0.263 e. The lowest BCUT2D eigenvalue weighted by Gasteiger charge is -2.19. The van der Waals surface area contributed by atoms with Crippen molar-refractivity contribution in [1.29, 1.82) is 0 Å². The normalized spacial score (nSPS) is 15.2. The number of rotatable bonds is 4. The smallest absolute Gasteiger partial charge is 0.263 e. The molecular formula is C12H16BrNOS. The molecule has 1 aromatic rings. The van der Waals surface area contributed by atoms with Gasteiger partial charge in [0, 0.05) is 13.1 Å². The molecule has 1 fully saturated rings. The lowest BCUT2D eigenvalue weighted by molar-refractivity contribution is 0.0761. The summed E-state index contributed by atoms with van der Waals surface area (Å²) in [5.41, 5.74) is 1.15. The van der Waals surface area contributed by atoms with Crippen LogP contribution in [0.2, 0.25) is 0 Å². The first-order valence-corrected chi connectivity index (χ1v) is 7.28. The zero-order valence-corrected chi connectivity index (χ0v) is 12.0. The summed E-state index contributed by atoms with van der Waals surface area (Å²) in [6, 6.07) is 1.98. The Morgan fingerprint density at radius 2 is 2.31 bits per heavy atom. The number of halogens is 1. The Bertz CT molecular complexity index is 378. The SMILES string of the molecule is CCN(CC1CC1)C(=O)c1cc(C)c(Br)s1. The van der Waals surface area contributed by atoms with Crippen molar-refractivity contribution in [2.45, 2.75) is 26.7 Å². The Balaban J connectivity index is 2.08. The first-order chi connectivity index (χ1) is 7.61. The van der Waals surface area contributed by atoms with Crippen LogP contribution < -0.4 is 0 Å². The minimum Gasteiger partial charge on any atom is -0.338 e. The third-order valence-electron chi connectivity index (χ3n) is 2.91. The number of hydrogen-bond donors (Lipinski definition) is 0. The van der Waals surface area contributed by atoms with Gasteiger partial charge in [-0.05, 0) is 60.2 Å². The first-order valence-electron chi connectivity index (χ1n) is 5.67. The van der Waals surface area contributed by atoms with Crippen LogP contribution in [0.4, 0.5) is 0 Å². The average Bonchev–Trinajstić information content (AvgIpc) is 3.01. The Kier molecular flexibility index (Phi) is 3.70. The molecule has 16 heavy (non-hydrogen) atoms. The summed E-state index contributed by atoms with van der Waals surface area (Å²) < 4.78 is 1.07. The van der Waals surface area contributed by atoms with E-state index in [2.05, 4.69) is 22.9 Å². The van der Waals surface area contributed by atoms with Crippen LogP contribution in [0.5, 0.6) is 0 Å². The van der Waals surface area contributed by atoms with Gasteiger partial charge in [-0.3, -0.25) is 4.79 Å². The Morgan fingerprint density at radius 3 is 2.75 bits per heavy atom. The fourth-order valence-electron chi connectivity index (χ4n) is 1.69. The highest BCUT2D eigenvalue weighted by molar-refractivity contribution is 9.11. The van der Waals surface area contributed by atoms with E-state index in [1.165, 1.54) is 24.2 Å². The van der Waals surface area contributed by atoms with E-state index in [1.807, 2.05) is 17.9 Å². The van der Waals surface area contributed by atoms with Crippen molar-refractivity contribution in [1.82, 2.24) is 4.90 Å². The molecular weight excluding hydrogens is 286 g/mol. The third kappa shape index (κ3) is 2.66. The molecule has 0 N–H and O–H groups in total. The van der Waals surface area contributed by atoms with Gasteiger partial charge in [0.25, 0.3) is 5.91 Å². The number of hydrogen-bond acceptors (Lipinski definition) is 2. The van der Waals surface area contributed by atoms with Gasteiger partial charge in [-0.25, -0.2) is 0 Å². The van der Waals surface area contributed by atoms with E-state index in [9.17, 15) is 4.79 Å². The van der Waals surface area contributed by atoms with Crippen molar-refractivity contribution >= 4 is 33.2 Å². The minimum atomic E-state index is 0.188. The van der Waals surface area contributed by atoms with Crippen molar-refractivity contribution < 1.29 is 4.79 Å². The number of carbonyl (C=O) groups is 1. The van der Waals surface area contributed by atoms with Crippen molar-refractivity contribution in [2.24, 2.45) is 5.92 Å². The highest BCUT2D eigenvalue weighted by atomic mass is 79.9. The highest BCUT2D eigenvalue weighted by Gasteiger charge is 2.27. The maximum atomic E-state index is 12.2. The number of amides is 1. The summed E-state index contributed by atoms with van der Waals surface area (Å²) in [5, 5.41) is 0. The van der Waals surface area contributed by atoms with Gasteiger partial charge in [0.2, 0.25) is 0 Å². The highest BCUT2D eigenvalue weighted by Crippen LogP contribution is 2.32. The van der Waals surface area contributed by atoms with Gasteiger partial charge in [-0.1, -0.05) is 0 Å². The minimum absolute atomic E-state index is 0.188. The lowest BCUT2D eigenvalue weighted by atomic mass is 10.3. The predicted molar refractivity (Wildman–Crippen MR) is 71.1 cm³/mol. The van der Waals surface area contributed by atoms with Gasteiger partial charge in [0.15, 0.2) is 0 Å². The largest absolute Gasteiger partial charge is 0.338 e. The molecule has 2 rings (SSSR count). The van der Waals surface area contributed by atoms with Gasteiger partial charge in [-0.15, -0.1) is 11.3 Å². The van der Waals surface area contributed by atoms with Gasteiger partial charge in [0.05, 0.1) is 8.66 Å². The zero-order chi connectivity index (χ0) is 11.7. The van der Waals surface area contributed by atoms with Crippen LogP contribution >= 0.6 is 27.3 Å². The second kappa shape index (κ2) is 4.88. The molecule has 4 heteroatoms. The van der Waals surface area contributed by atoms with Crippen LogP contribution in [0.3, 0.4) is 0 Å². The molecule has 2 nitrogen and oxygen atoms in total. The van der Waals surface area contributed by atoms with Gasteiger partial charge in [-0.2, -0.15) is 0 Å². The molecule has 1 saturated carbocycles. The van der Waals surface area contributed by atoms with Crippen LogP contribution in [-0.4, -0.2) is 23.9 Å². The molecule has 0 bridgehead atoms. The van der Waals surface area contributed by atoms with E-state index in [4.69, 9.17) is 0 Å². The monoisotopic (exact) mass is 301 g/mol. The van der Waals surface area contributed by atoms with E-state index >= 15 is 0 Å². The molecule has 88 valence electrons. The Labute approximate surface area is 109 Å². The van der Waals surface area contributed by atoms with Crippen LogP contribution in [0.1, 0.15) is 35.0 Å². The summed E-state index contributed by atoms with van der Waals surface area (Å²) in [7, 11) is 0. The van der Waals surface area contributed by atoms with Crippen LogP contribution in [0.25, 0.3) is 0 Å². The van der Waals surface area contributed by atoms with Gasteiger partial charge >= 0.3 is 0 Å². The molecule has 0 aliphatic heterocycles. The molecule has 0 radical (unpaired) electrons. The van der Waals surface area contributed by atoms with E-state index in [-0.39, 0.29) is 5.91 Å². The summed E-state index contributed by atoms with van der Waals surface area (Å²) in [5.74, 6) is 0.946. The summed E-state index contributed by atoms with van der Waals surface area (Å²) >= 11 is 5.01. The fraction of sp³-hybridized carbons (Fsp3) is 0.583. The second-order valence-corrected chi connectivity index (χ2v) is 6.72. The molecule has 1 heterocycles. The number of nitrogens with zero attached hydrogens (tertiary/aromatic N) is 1. The second-order valence-electron chi connectivity index (χ2n) is 4.35. The fourth-order valence-corrected chi connectivity index (χ4v) is 3.19. The molecule has 0 aromatic carbocycles. The van der Waals surface area contributed by atoms with Crippen molar-refractivity contribution in [2.75, 3.05) is 13.1 Å². The molecule has 0 atom stereocenters. The van der Waals surface area contributed by atoms with E-state index in [0.717, 1.165) is 33.2 Å². The molecule has 0 saturated heterocycles. The van der Waals surface area contributed by atoms with Crippen molar-refractivity contribution in [3.05, 3.63) is 20.3 Å². The summed E-state index contributed by atoms with van der Waals surface area (Å²) in [6.07, 6.45) is 2.58. The number of aryl methyl sites for hydroxylation is 1. The third-order valence-corrected chi connectivity index (χ3v) is 5.04. The summed E-state index contributed by atoms with van der Waals surface area (Å²) in [4.78, 5) is 15.0. The number of thiophene rings is 1. The molecule has 1 aromatic heterocycles. The predicted octanol–water partition coefficient (Wildman–Crippen LogP) is 3.69. The lowest BCUT2D eigenvalue weighted by Crippen LogP contribution is -2.32. The molecule has 1 aliphatic carbocycles. The van der Waals surface area contributed by atoms with Crippen molar-refractivity contribution in [3.8, 4) is 0 Å². The Hall–Kier alpha value is -0.350. The molecule has 1 amide bonds. The number of carbonyl (C=O) groups excluding carboxylic acids is 1. The quantitative estimate of drug-likeness (QED) is 0.830. The molecule has 0 spiro atoms. The van der Waals surface area contributed by atoms with E-state index in [0.29, 0.717) is 0 Å². The maximum absolute atomic E-state index is 12.2. The Morgan fingerprint density at radius 1 is 1.62 bits per heavy atom. The van der Waals surface area contributed by atoms with Gasteiger partial charge < -0.3 is 4.90 Å². The summed E-state index contributed by atoms with van der Waals surface area (Å²) in [6.45, 7) is 5.82. The van der Waals surface area contributed by atoms with Gasteiger partial charge in [0.1, 0.15) is 0 Å². The average molecular weight is 302 g/mol. The van der Waals surface area contributed by atoms with Crippen LogP contribution in [0.15, 0.2) is 9.85 Å².